The number of alkyl halides is 6. The Hall–Kier alpha value is -2.79. The minimum atomic E-state index is -5.71. The number of hydrogen-bond donors (Lipinski definition) is 0. The number of rotatable bonds is 4. The summed E-state index contributed by atoms with van der Waals surface area (Å²) in [5.41, 5.74) is 3.68. The number of likely N-dealkylation sites (tertiary alicyclic amines) is 2. The molecule has 0 radical (unpaired) electrons. The highest BCUT2D eigenvalue weighted by Crippen LogP contribution is 2.42. The van der Waals surface area contributed by atoms with Crippen molar-refractivity contribution in [2.24, 2.45) is 5.41 Å². The lowest BCUT2D eigenvalue weighted by atomic mass is 9.78. The van der Waals surface area contributed by atoms with Gasteiger partial charge in [-0.3, -0.25) is 4.90 Å². The molecule has 3 saturated heterocycles. The third-order valence-corrected chi connectivity index (χ3v) is 7.79. The summed E-state index contributed by atoms with van der Waals surface area (Å²) in [5, 5.41) is 0. The van der Waals surface area contributed by atoms with Crippen molar-refractivity contribution in [2.45, 2.75) is 70.4 Å². The van der Waals surface area contributed by atoms with E-state index in [1.165, 1.54) is 36.1 Å². The highest BCUT2D eigenvalue weighted by molar-refractivity contribution is 5.68. The van der Waals surface area contributed by atoms with Crippen LogP contribution in [0.3, 0.4) is 0 Å². The number of amides is 1. The van der Waals surface area contributed by atoms with Crippen LogP contribution in [0.1, 0.15) is 49.7 Å². The maximum atomic E-state index is 12.7. The second kappa shape index (κ2) is 12.6. The molecule has 7 nitrogen and oxygen atoms in total. The molecular formula is C26H33F6N3O4. The number of aryl methyl sites for hydroxylation is 1. The predicted molar refractivity (Wildman–Crippen MR) is 128 cm³/mol. The van der Waals surface area contributed by atoms with Crippen LogP contribution in [0.15, 0.2) is 18.2 Å². The zero-order chi connectivity index (χ0) is 28.8. The summed E-state index contributed by atoms with van der Waals surface area (Å²) in [4.78, 5) is 34.1. The number of nitrogens with zero attached hydrogens (tertiary/aromatic N) is 3. The molecule has 1 spiro atoms. The van der Waals surface area contributed by atoms with E-state index in [0.29, 0.717) is 12.8 Å². The van der Waals surface area contributed by atoms with E-state index in [-0.39, 0.29) is 24.7 Å². The van der Waals surface area contributed by atoms with Gasteiger partial charge in [0.15, 0.2) is 0 Å². The molecule has 1 aromatic rings. The quantitative estimate of drug-likeness (QED) is 0.461. The fourth-order valence-corrected chi connectivity index (χ4v) is 5.72. The number of ether oxygens (including phenoxy) is 1. The first kappa shape index (κ1) is 30.7. The Morgan fingerprint density at radius 2 is 1.51 bits per heavy atom. The van der Waals surface area contributed by atoms with E-state index < -0.39 is 24.5 Å². The second-order valence-corrected chi connectivity index (χ2v) is 10.5. The van der Waals surface area contributed by atoms with Crippen molar-refractivity contribution in [1.29, 1.82) is 0 Å². The third kappa shape index (κ3) is 8.11. The fraction of sp³-hybridized carbons (Fsp3) is 0.692. The number of carbonyl (C=O) groups is 1. The van der Waals surface area contributed by atoms with Gasteiger partial charge in [0.25, 0.3) is 6.10 Å². The molecule has 39 heavy (non-hydrogen) atoms. The van der Waals surface area contributed by atoms with Gasteiger partial charge in [-0.1, -0.05) is 12.1 Å². The number of carbonyl (C=O) groups excluding carboxylic acids is 3. The smallest absolute Gasteiger partial charge is 0.426 e. The molecule has 3 heterocycles. The molecule has 1 aromatic carbocycles. The van der Waals surface area contributed by atoms with E-state index in [1.54, 1.807) is 0 Å². The lowest BCUT2D eigenvalue weighted by Gasteiger charge is -2.39. The number of anilines is 1. The molecule has 0 aliphatic carbocycles. The van der Waals surface area contributed by atoms with Crippen LogP contribution in [0.25, 0.3) is 0 Å². The van der Waals surface area contributed by atoms with Crippen molar-refractivity contribution >= 4 is 17.9 Å². The molecule has 13 heteroatoms. The molecule has 0 unspecified atom stereocenters. The molecule has 0 bridgehead atoms. The minimum Gasteiger partial charge on any atom is -0.426 e. The van der Waals surface area contributed by atoms with E-state index in [9.17, 15) is 31.1 Å². The zero-order valence-corrected chi connectivity index (χ0v) is 21.7. The van der Waals surface area contributed by atoms with Crippen molar-refractivity contribution in [3.8, 4) is 0 Å². The fourth-order valence-electron chi connectivity index (χ4n) is 5.72. The normalized spacial score (nSPS) is 20.0. The SMILES string of the molecule is Cc1ccc(CN2CCC3(CCN(C(=O)OC(C(F)(F)F)C(F)(F)F)CC3)C2)cc1N1CCCCC1.O=C=O. The first-order valence-electron chi connectivity index (χ1n) is 12.9. The van der Waals surface area contributed by atoms with Gasteiger partial charge in [0.2, 0.25) is 0 Å². The van der Waals surface area contributed by atoms with Crippen LogP contribution >= 0.6 is 0 Å². The van der Waals surface area contributed by atoms with E-state index >= 15 is 0 Å². The van der Waals surface area contributed by atoms with Gasteiger partial charge in [0.05, 0.1) is 0 Å². The standard InChI is InChI=1S/C25H33F6N3O2.CO2/c1-18-5-6-19(15-20(18)33-10-3-2-4-11-33)16-32-12-7-23(17-32)8-13-34(14-9-23)22(35)36-21(24(26,27)28)25(29,30)31;2-1-3/h5-6,15,21H,2-4,7-14,16-17H2,1H3;. The van der Waals surface area contributed by atoms with Crippen LogP contribution in [0.5, 0.6) is 0 Å². The van der Waals surface area contributed by atoms with Crippen LogP contribution < -0.4 is 4.90 Å². The van der Waals surface area contributed by atoms with Crippen molar-refractivity contribution in [1.82, 2.24) is 9.80 Å². The highest BCUT2D eigenvalue weighted by atomic mass is 19.4. The predicted octanol–water partition coefficient (Wildman–Crippen LogP) is 5.32. The van der Waals surface area contributed by atoms with E-state index in [4.69, 9.17) is 9.59 Å². The number of benzene rings is 1. The Balaban J connectivity index is 0.00000134. The Labute approximate surface area is 223 Å². The first-order valence-corrected chi connectivity index (χ1v) is 12.9. The van der Waals surface area contributed by atoms with Gasteiger partial charge in [-0.25, -0.2) is 4.79 Å². The van der Waals surface area contributed by atoms with Crippen LogP contribution in [0.2, 0.25) is 0 Å². The maximum absolute atomic E-state index is 12.7. The van der Waals surface area contributed by atoms with Crippen molar-refractivity contribution in [2.75, 3.05) is 44.2 Å². The lowest BCUT2D eigenvalue weighted by molar-refractivity contribution is -0.308. The molecule has 0 N–H and O–H groups in total. The van der Waals surface area contributed by atoms with E-state index in [0.717, 1.165) is 44.0 Å². The molecular weight excluding hydrogens is 532 g/mol. The van der Waals surface area contributed by atoms with E-state index in [2.05, 4.69) is 39.7 Å². The van der Waals surface area contributed by atoms with Crippen LogP contribution in [0, 0.1) is 12.3 Å². The average Bonchev–Trinajstić information content (AvgIpc) is 3.25. The molecule has 0 aromatic heterocycles. The molecule has 4 rings (SSSR count). The molecule has 1 amide bonds. The molecule has 3 fully saturated rings. The first-order chi connectivity index (χ1) is 18.3. The van der Waals surface area contributed by atoms with Crippen molar-refractivity contribution < 1.29 is 45.5 Å². The molecule has 3 aliphatic heterocycles. The Morgan fingerprint density at radius 3 is 2.08 bits per heavy atom. The Kier molecular flexibility index (Phi) is 9.93. The van der Waals surface area contributed by atoms with Gasteiger partial charge < -0.3 is 14.5 Å². The highest BCUT2D eigenvalue weighted by Gasteiger charge is 2.60. The summed E-state index contributed by atoms with van der Waals surface area (Å²) in [7, 11) is 0. The lowest BCUT2D eigenvalue weighted by Crippen LogP contribution is -2.50. The van der Waals surface area contributed by atoms with Gasteiger partial charge in [0, 0.05) is 45.0 Å². The zero-order valence-electron chi connectivity index (χ0n) is 21.7. The number of hydrogen-bond acceptors (Lipinski definition) is 6. The monoisotopic (exact) mass is 565 g/mol. The van der Waals surface area contributed by atoms with Crippen LogP contribution in [-0.4, -0.2) is 79.8 Å². The van der Waals surface area contributed by atoms with Crippen LogP contribution in [0.4, 0.5) is 36.8 Å². The average molecular weight is 566 g/mol. The molecule has 0 atom stereocenters. The summed E-state index contributed by atoms with van der Waals surface area (Å²) >= 11 is 0. The topological polar surface area (TPSA) is 70.2 Å². The largest absolute Gasteiger partial charge is 0.434 e. The molecule has 218 valence electrons. The van der Waals surface area contributed by atoms with Gasteiger partial charge in [-0.05, 0) is 74.6 Å². The maximum Gasteiger partial charge on any atom is 0.434 e. The summed E-state index contributed by atoms with van der Waals surface area (Å²) in [5.74, 6) is 0. The number of piperidine rings is 2. The van der Waals surface area contributed by atoms with Gasteiger partial charge >= 0.3 is 24.6 Å². The molecule has 0 saturated carbocycles. The number of halogens is 6. The summed E-state index contributed by atoms with van der Waals surface area (Å²) < 4.78 is 80.3. The van der Waals surface area contributed by atoms with Gasteiger partial charge in [0.1, 0.15) is 0 Å². The van der Waals surface area contributed by atoms with Crippen molar-refractivity contribution in [3.05, 3.63) is 29.3 Å². The van der Waals surface area contributed by atoms with Crippen molar-refractivity contribution in [3.63, 3.8) is 0 Å². The molecule has 3 aliphatic rings. The van der Waals surface area contributed by atoms with Gasteiger partial charge in [-0.2, -0.15) is 35.9 Å². The van der Waals surface area contributed by atoms with E-state index in [1.807, 2.05) is 0 Å². The van der Waals surface area contributed by atoms with Gasteiger partial charge in [-0.15, -0.1) is 0 Å². The van der Waals surface area contributed by atoms with Crippen LogP contribution in [-0.2, 0) is 20.9 Å². The Bertz CT molecular complexity index is 998. The summed E-state index contributed by atoms with van der Waals surface area (Å²) in [6.45, 7) is 6.87. The summed E-state index contributed by atoms with van der Waals surface area (Å²) in [6, 6.07) is 6.57. The second-order valence-electron chi connectivity index (χ2n) is 10.5. The minimum absolute atomic E-state index is 0.0821. The summed E-state index contributed by atoms with van der Waals surface area (Å²) in [6.07, 6.45) is -11.2. The Morgan fingerprint density at radius 1 is 0.949 bits per heavy atom. The third-order valence-electron chi connectivity index (χ3n) is 7.79.